The Bertz CT molecular complexity index is 608. The second-order valence-electron chi connectivity index (χ2n) is 7.93. The topological polar surface area (TPSA) is 57.5 Å². The van der Waals surface area contributed by atoms with Gasteiger partial charge in [0, 0.05) is 5.41 Å². The summed E-state index contributed by atoms with van der Waals surface area (Å²) < 4.78 is 0. The summed E-state index contributed by atoms with van der Waals surface area (Å²) in [4.78, 5) is 11.0. The van der Waals surface area contributed by atoms with Crippen LogP contribution in [0.1, 0.15) is 61.4 Å². The summed E-state index contributed by atoms with van der Waals surface area (Å²) in [5.41, 5.74) is 0.404. The normalized spacial score (nSPS) is 43.1. The SMILES string of the molecule is C[C@]12C[C@@H]3CCCC[C@H]3[C@H](C1)[C@@]2(O)c1ccc(C(=O)O)cc1. The van der Waals surface area contributed by atoms with Gasteiger partial charge in [0.1, 0.15) is 0 Å². The summed E-state index contributed by atoms with van der Waals surface area (Å²) >= 11 is 0. The van der Waals surface area contributed by atoms with Crippen molar-refractivity contribution in [3.05, 3.63) is 35.4 Å². The molecule has 0 aliphatic heterocycles. The van der Waals surface area contributed by atoms with Gasteiger partial charge in [-0.25, -0.2) is 4.79 Å². The molecule has 0 radical (unpaired) electrons. The number of carbonyl (C=O) groups is 1. The lowest BCUT2D eigenvalue weighted by atomic mass is 9.37. The first-order valence-corrected chi connectivity index (χ1v) is 8.52. The van der Waals surface area contributed by atoms with Gasteiger partial charge in [0.25, 0.3) is 0 Å². The number of rotatable bonds is 2. The molecular formula is C19H24O3. The number of hydrogen-bond acceptors (Lipinski definition) is 2. The third-order valence-corrected chi connectivity index (χ3v) is 6.90. The minimum atomic E-state index is -0.911. The molecule has 3 aliphatic rings. The van der Waals surface area contributed by atoms with Gasteiger partial charge in [0.15, 0.2) is 0 Å². The van der Waals surface area contributed by atoms with Gasteiger partial charge in [-0.2, -0.15) is 0 Å². The van der Waals surface area contributed by atoms with Crippen LogP contribution in [0.25, 0.3) is 0 Å². The van der Waals surface area contributed by atoms with E-state index in [-0.39, 0.29) is 11.0 Å². The Kier molecular flexibility index (Phi) is 2.96. The van der Waals surface area contributed by atoms with Gasteiger partial charge >= 0.3 is 5.97 Å². The molecule has 1 aromatic carbocycles. The predicted octanol–water partition coefficient (Wildman–Crippen LogP) is 3.81. The van der Waals surface area contributed by atoms with Crippen LogP contribution in [0.3, 0.4) is 0 Å². The molecule has 0 spiro atoms. The van der Waals surface area contributed by atoms with Crippen molar-refractivity contribution >= 4 is 5.97 Å². The molecular weight excluding hydrogens is 276 g/mol. The molecule has 4 rings (SSSR count). The molecule has 3 saturated carbocycles. The smallest absolute Gasteiger partial charge is 0.335 e. The molecule has 5 atom stereocenters. The second kappa shape index (κ2) is 4.58. The first-order chi connectivity index (χ1) is 10.5. The highest BCUT2D eigenvalue weighted by molar-refractivity contribution is 5.87. The molecule has 0 aromatic heterocycles. The number of aromatic carboxylic acids is 1. The number of benzene rings is 1. The Balaban J connectivity index is 1.69. The lowest BCUT2D eigenvalue weighted by Gasteiger charge is -2.69. The van der Waals surface area contributed by atoms with Gasteiger partial charge in [-0.1, -0.05) is 38.3 Å². The molecule has 3 fully saturated rings. The fourth-order valence-corrected chi connectivity index (χ4v) is 5.83. The van der Waals surface area contributed by atoms with Crippen molar-refractivity contribution in [2.45, 2.75) is 51.0 Å². The van der Waals surface area contributed by atoms with Crippen LogP contribution in [0.4, 0.5) is 0 Å². The van der Waals surface area contributed by atoms with Crippen LogP contribution >= 0.6 is 0 Å². The van der Waals surface area contributed by atoms with Crippen molar-refractivity contribution in [2.75, 3.05) is 0 Å². The van der Waals surface area contributed by atoms with Crippen LogP contribution in [-0.2, 0) is 5.60 Å². The Morgan fingerprint density at radius 3 is 2.50 bits per heavy atom. The summed E-state index contributed by atoms with van der Waals surface area (Å²) in [6.07, 6.45) is 7.44. The number of carboxylic acids is 1. The Morgan fingerprint density at radius 2 is 1.82 bits per heavy atom. The molecule has 3 heteroatoms. The highest BCUT2D eigenvalue weighted by atomic mass is 16.4. The molecule has 0 heterocycles. The van der Waals surface area contributed by atoms with Gasteiger partial charge in [0.2, 0.25) is 0 Å². The second-order valence-corrected chi connectivity index (χ2v) is 7.93. The molecule has 3 aliphatic carbocycles. The van der Waals surface area contributed by atoms with Crippen LogP contribution in [0.5, 0.6) is 0 Å². The monoisotopic (exact) mass is 300 g/mol. The molecule has 118 valence electrons. The number of carboxylic acid groups (broad SMARTS) is 1. The van der Waals surface area contributed by atoms with Gasteiger partial charge in [-0.3, -0.25) is 0 Å². The van der Waals surface area contributed by atoms with E-state index >= 15 is 0 Å². The zero-order chi connectivity index (χ0) is 15.5. The van der Waals surface area contributed by atoms with E-state index in [1.54, 1.807) is 12.1 Å². The average molecular weight is 300 g/mol. The van der Waals surface area contributed by atoms with E-state index < -0.39 is 11.6 Å². The van der Waals surface area contributed by atoms with Crippen LogP contribution in [0.15, 0.2) is 24.3 Å². The van der Waals surface area contributed by atoms with E-state index in [1.165, 1.54) is 25.7 Å². The zero-order valence-electron chi connectivity index (χ0n) is 13.1. The summed E-state index contributed by atoms with van der Waals surface area (Å²) in [5.74, 6) is 0.883. The molecule has 2 N–H and O–H groups in total. The maximum atomic E-state index is 11.5. The third kappa shape index (κ3) is 1.69. The molecule has 0 unspecified atom stereocenters. The van der Waals surface area contributed by atoms with E-state index in [4.69, 9.17) is 5.11 Å². The van der Waals surface area contributed by atoms with Crippen LogP contribution in [-0.4, -0.2) is 16.2 Å². The highest BCUT2D eigenvalue weighted by Crippen LogP contribution is 2.71. The Labute approximate surface area is 131 Å². The molecule has 0 saturated heterocycles. The van der Waals surface area contributed by atoms with Crippen molar-refractivity contribution in [1.82, 2.24) is 0 Å². The van der Waals surface area contributed by atoms with Gasteiger partial charge < -0.3 is 10.2 Å². The molecule has 22 heavy (non-hydrogen) atoms. The lowest BCUT2D eigenvalue weighted by Crippen LogP contribution is -2.67. The van der Waals surface area contributed by atoms with Crippen LogP contribution < -0.4 is 0 Å². The van der Waals surface area contributed by atoms with Gasteiger partial charge in [-0.15, -0.1) is 0 Å². The fraction of sp³-hybridized carbons (Fsp3) is 0.632. The van der Waals surface area contributed by atoms with Crippen LogP contribution in [0.2, 0.25) is 0 Å². The summed E-state index contributed by atoms with van der Waals surface area (Å²) in [6, 6.07) is 6.92. The number of aliphatic hydroxyl groups is 1. The largest absolute Gasteiger partial charge is 0.478 e. The van der Waals surface area contributed by atoms with Crippen molar-refractivity contribution in [2.24, 2.45) is 23.2 Å². The third-order valence-electron chi connectivity index (χ3n) is 6.90. The van der Waals surface area contributed by atoms with Gasteiger partial charge in [0.05, 0.1) is 11.2 Å². The van der Waals surface area contributed by atoms with Crippen LogP contribution in [0, 0.1) is 23.2 Å². The van der Waals surface area contributed by atoms with E-state index in [0.717, 1.165) is 24.3 Å². The molecule has 0 amide bonds. The quantitative estimate of drug-likeness (QED) is 0.873. The Hall–Kier alpha value is -1.35. The van der Waals surface area contributed by atoms with E-state index in [0.29, 0.717) is 11.8 Å². The maximum Gasteiger partial charge on any atom is 0.335 e. The highest BCUT2D eigenvalue weighted by Gasteiger charge is 2.69. The van der Waals surface area contributed by atoms with Crippen molar-refractivity contribution in [3.8, 4) is 0 Å². The minimum absolute atomic E-state index is 0.0408. The maximum absolute atomic E-state index is 11.5. The average Bonchev–Trinajstić information content (AvgIpc) is 2.53. The molecule has 1 aromatic rings. The predicted molar refractivity (Wildman–Crippen MR) is 83.6 cm³/mol. The lowest BCUT2D eigenvalue weighted by molar-refractivity contribution is -0.284. The first kappa shape index (κ1) is 14.3. The van der Waals surface area contributed by atoms with Gasteiger partial charge in [-0.05, 0) is 54.7 Å². The standard InChI is InChI=1S/C19H24O3/c1-18-10-13-4-2-3-5-15(13)16(11-18)19(18,22)14-8-6-12(7-9-14)17(20)21/h6-9,13,15-16,22H,2-5,10-11H2,1H3,(H,20,21)/t13-,15+,16-,18-,19-/m0/s1. The van der Waals surface area contributed by atoms with E-state index in [1.807, 2.05) is 12.1 Å². The molecule has 2 bridgehead atoms. The number of fused-ring (bicyclic) bond motifs is 4. The summed E-state index contributed by atoms with van der Waals surface area (Å²) in [7, 11) is 0. The first-order valence-electron chi connectivity index (χ1n) is 8.52. The zero-order valence-corrected chi connectivity index (χ0v) is 13.1. The van der Waals surface area contributed by atoms with Crippen molar-refractivity contribution in [3.63, 3.8) is 0 Å². The minimum Gasteiger partial charge on any atom is -0.478 e. The summed E-state index contributed by atoms with van der Waals surface area (Å²) in [5, 5.41) is 20.6. The van der Waals surface area contributed by atoms with Crippen molar-refractivity contribution < 1.29 is 15.0 Å². The van der Waals surface area contributed by atoms with E-state index in [2.05, 4.69) is 6.92 Å². The molecule has 3 nitrogen and oxygen atoms in total. The summed E-state index contributed by atoms with van der Waals surface area (Å²) in [6.45, 7) is 2.22. The van der Waals surface area contributed by atoms with E-state index in [9.17, 15) is 9.90 Å². The number of hydrogen-bond donors (Lipinski definition) is 2. The fourth-order valence-electron chi connectivity index (χ4n) is 5.83. The Morgan fingerprint density at radius 1 is 1.14 bits per heavy atom. The van der Waals surface area contributed by atoms with Crippen molar-refractivity contribution in [1.29, 1.82) is 0 Å².